The molecule has 1 saturated heterocycles. The number of rotatable bonds is 3. The Morgan fingerprint density at radius 3 is 2.47 bits per heavy atom. The van der Waals surface area contributed by atoms with Gasteiger partial charge in [-0.2, -0.15) is 0 Å². The van der Waals surface area contributed by atoms with E-state index in [2.05, 4.69) is 9.62 Å². The number of hydrogen-bond acceptors (Lipinski definition) is 3. The van der Waals surface area contributed by atoms with Crippen LogP contribution >= 0.6 is 0 Å². The number of nitrogens with one attached hydrogen (secondary N) is 1. The van der Waals surface area contributed by atoms with Crippen molar-refractivity contribution in [3.8, 4) is 0 Å². The Morgan fingerprint density at radius 1 is 1.29 bits per heavy atom. The second kappa shape index (κ2) is 4.76. The molecule has 4 nitrogen and oxygen atoms in total. The van der Waals surface area contributed by atoms with E-state index in [1.807, 2.05) is 20.0 Å². The molecule has 0 amide bonds. The largest absolute Gasteiger partial charge is 0.302 e. The average Bonchev–Trinajstić information content (AvgIpc) is 2.62. The molecule has 17 heavy (non-hydrogen) atoms. The summed E-state index contributed by atoms with van der Waals surface area (Å²) in [6, 6.07) is 8.76. The van der Waals surface area contributed by atoms with Crippen LogP contribution in [0.5, 0.6) is 0 Å². The van der Waals surface area contributed by atoms with Crippen LogP contribution in [0.3, 0.4) is 0 Å². The van der Waals surface area contributed by atoms with Crippen LogP contribution in [0.4, 0.5) is 0 Å². The Bertz CT molecular complexity index is 473. The number of benzene rings is 1. The Hall–Kier alpha value is -0.910. The molecule has 0 aromatic heterocycles. The summed E-state index contributed by atoms with van der Waals surface area (Å²) in [6.45, 7) is 2.98. The molecule has 1 aliphatic rings. The lowest BCUT2D eigenvalue weighted by atomic mass is 10.2. The van der Waals surface area contributed by atoms with E-state index in [0.717, 1.165) is 13.0 Å². The number of likely N-dealkylation sites (N-methyl/N-ethyl adjacent to an activating group) is 1. The summed E-state index contributed by atoms with van der Waals surface area (Å²) in [6.07, 6.45) is 0.865. The molecule has 1 aromatic carbocycles. The highest BCUT2D eigenvalue weighted by Crippen LogP contribution is 2.18. The van der Waals surface area contributed by atoms with Crippen LogP contribution in [0, 0.1) is 0 Å². The molecular formula is C12H18N2O2S. The van der Waals surface area contributed by atoms with Crippen LogP contribution < -0.4 is 4.72 Å². The van der Waals surface area contributed by atoms with Gasteiger partial charge in [-0.3, -0.25) is 0 Å². The first-order chi connectivity index (χ1) is 8.00. The molecular weight excluding hydrogens is 236 g/mol. The summed E-state index contributed by atoms with van der Waals surface area (Å²) >= 11 is 0. The normalized spacial score (nSPS) is 26.2. The van der Waals surface area contributed by atoms with E-state index >= 15 is 0 Å². The van der Waals surface area contributed by atoms with Gasteiger partial charge >= 0.3 is 0 Å². The number of likely N-dealkylation sites (tertiary alicyclic amines) is 1. The third-order valence-corrected chi connectivity index (χ3v) is 4.94. The van der Waals surface area contributed by atoms with E-state index in [1.54, 1.807) is 24.3 Å². The molecule has 2 unspecified atom stereocenters. The van der Waals surface area contributed by atoms with Crippen molar-refractivity contribution in [2.75, 3.05) is 13.6 Å². The molecule has 5 heteroatoms. The fourth-order valence-electron chi connectivity index (χ4n) is 2.12. The van der Waals surface area contributed by atoms with Crippen LogP contribution in [-0.4, -0.2) is 39.0 Å². The van der Waals surface area contributed by atoms with Crippen molar-refractivity contribution in [3.63, 3.8) is 0 Å². The van der Waals surface area contributed by atoms with Gasteiger partial charge in [0, 0.05) is 12.1 Å². The van der Waals surface area contributed by atoms with E-state index in [0.29, 0.717) is 4.90 Å². The van der Waals surface area contributed by atoms with E-state index in [4.69, 9.17) is 0 Å². The second-order valence-corrected chi connectivity index (χ2v) is 6.26. The topological polar surface area (TPSA) is 49.4 Å². The van der Waals surface area contributed by atoms with Gasteiger partial charge in [0.25, 0.3) is 0 Å². The van der Waals surface area contributed by atoms with Crippen LogP contribution in [0.15, 0.2) is 35.2 Å². The first kappa shape index (κ1) is 12.5. The molecule has 2 rings (SSSR count). The highest BCUT2D eigenvalue weighted by atomic mass is 32.2. The summed E-state index contributed by atoms with van der Waals surface area (Å²) in [5.41, 5.74) is 0. The van der Waals surface area contributed by atoms with Gasteiger partial charge in [0.15, 0.2) is 0 Å². The Balaban J connectivity index is 2.14. The van der Waals surface area contributed by atoms with Crippen molar-refractivity contribution in [1.29, 1.82) is 0 Å². The van der Waals surface area contributed by atoms with Crippen molar-refractivity contribution < 1.29 is 8.42 Å². The molecule has 0 bridgehead atoms. The van der Waals surface area contributed by atoms with Crippen molar-refractivity contribution in [1.82, 2.24) is 9.62 Å². The molecule has 1 fully saturated rings. The summed E-state index contributed by atoms with van der Waals surface area (Å²) in [5.74, 6) is 0. The van der Waals surface area contributed by atoms with Gasteiger partial charge < -0.3 is 4.90 Å². The highest BCUT2D eigenvalue weighted by Gasteiger charge is 2.31. The van der Waals surface area contributed by atoms with E-state index in [1.165, 1.54) is 0 Å². The van der Waals surface area contributed by atoms with Crippen LogP contribution in [0.25, 0.3) is 0 Å². The number of hydrogen-bond donors (Lipinski definition) is 1. The van der Waals surface area contributed by atoms with Gasteiger partial charge in [0.05, 0.1) is 4.90 Å². The van der Waals surface area contributed by atoms with Crippen LogP contribution in [0.2, 0.25) is 0 Å². The second-order valence-electron chi connectivity index (χ2n) is 4.55. The summed E-state index contributed by atoms with van der Waals surface area (Å²) in [7, 11) is -1.36. The standard InChI is InChI=1S/C12H18N2O2S/c1-10-12(8-9-14(10)2)13-17(15,16)11-6-4-3-5-7-11/h3-7,10,12-13H,8-9H2,1-2H3. The molecule has 0 aliphatic carbocycles. The van der Waals surface area contributed by atoms with Gasteiger partial charge in [-0.25, -0.2) is 13.1 Å². The Morgan fingerprint density at radius 2 is 1.94 bits per heavy atom. The Labute approximate surface area is 103 Å². The lowest BCUT2D eigenvalue weighted by molar-refractivity contribution is 0.312. The van der Waals surface area contributed by atoms with Gasteiger partial charge in [-0.1, -0.05) is 18.2 Å². The zero-order chi connectivity index (χ0) is 12.5. The molecule has 0 radical (unpaired) electrons. The lowest BCUT2D eigenvalue weighted by Gasteiger charge is -2.21. The fraction of sp³-hybridized carbons (Fsp3) is 0.500. The first-order valence-electron chi connectivity index (χ1n) is 5.78. The third-order valence-electron chi connectivity index (χ3n) is 3.43. The molecule has 94 valence electrons. The summed E-state index contributed by atoms with van der Waals surface area (Å²) < 4.78 is 27.0. The van der Waals surface area contributed by atoms with Gasteiger partial charge in [-0.05, 0) is 39.1 Å². The first-order valence-corrected chi connectivity index (χ1v) is 7.26. The zero-order valence-electron chi connectivity index (χ0n) is 10.1. The highest BCUT2D eigenvalue weighted by molar-refractivity contribution is 7.89. The number of nitrogens with zero attached hydrogens (tertiary/aromatic N) is 1. The fourth-order valence-corrected chi connectivity index (χ4v) is 3.48. The minimum Gasteiger partial charge on any atom is -0.302 e. The maximum atomic E-state index is 12.1. The van der Waals surface area contributed by atoms with Crippen molar-refractivity contribution in [3.05, 3.63) is 30.3 Å². The third kappa shape index (κ3) is 2.68. The molecule has 1 aromatic rings. The smallest absolute Gasteiger partial charge is 0.240 e. The molecule has 0 spiro atoms. The Kier molecular flexibility index (Phi) is 3.51. The van der Waals surface area contributed by atoms with Gasteiger partial charge in [0.1, 0.15) is 0 Å². The van der Waals surface area contributed by atoms with Gasteiger partial charge in [-0.15, -0.1) is 0 Å². The molecule has 0 saturated carbocycles. The minimum atomic E-state index is -3.38. The minimum absolute atomic E-state index is 0.00482. The lowest BCUT2D eigenvalue weighted by Crippen LogP contribution is -2.42. The van der Waals surface area contributed by atoms with E-state index in [9.17, 15) is 8.42 Å². The maximum absolute atomic E-state index is 12.1. The quantitative estimate of drug-likeness (QED) is 0.877. The molecule has 1 heterocycles. The molecule has 2 atom stereocenters. The van der Waals surface area contributed by atoms with Crippen LogP contribution in [-0.2, 0) is 10.0 Å². The predicted molar refractivity (Wildman–Crippen MR) is 67.3 cm³/mol. The maximum Gasteiger partial charge on any atom is 0.240 e. The summed E-state index contributed by atoms with van der Waals surface area (Å²) in [5, 5.41) is 0. The van der Waals surface area contributed by atoms with Crippen LogP contribution in [0.1, 0.15) is 13.3 Å². The molecule has 1 aliphatic heterocycles. The van der Waals surface area contributed by atoms with Crippen molar-refractivity contribution in [2.24, 2.45) is 0 Å². The van der Waals surface area contributed by atoms with E-state index in [-0.39, 0.29) is 12.1 Å². The summed E-state index contributed by atoms with van der Waals surface area (Å²) in [4.78, 5) is 2.50. The SMILES string of the molecule is CC1C(NS(=O)(=O)c2ccccc2)CCN1C. The molecule has 1 N–H and O–H groups in total. The number of sulfonamides is 1. The average molecular weight is 254 g/mol. The van der Waals surface area contributed by atoms with Crippen molar-refractivity contribution >= 4 is 10.0 Å². The van der Waals surface area contributed by atoms with Crippen molar-refractivity contribution in [2.45, 2.75) is 30.3 Å². The van der Waals surface area contributed by atoms with E-state index < -0.39 is 10.0 Å². The zero-order valence-corrected chi connectivity index (χ0v) is 10.9. The predicted octanol–water partition coefficient (Wildman–Crippen LogP) is 1.06. The monoisotopic (exact) mass is 254 g/mol. The van der Waals surface area contributed by atoms with Gasteiger partial charge in [0.2, 0.25) is 10.0 Å².